The summed E-state index contributed by atoms with van der Waals surface area (Å²) in [5, 5.41) is 3.87. The van der Waals surface area contributed by atoms with Gasteiger partial charge in [0.25, 0.3) is 0 Å². The fourth-order valence-electron chi connectivity index (χ4n) is 1.24. The second-order valence-corrected chi connectivity index (χ2v) is 3.61. The first kappa shape index (κ1) is 9.86. The van der Waals surface area contributed by atoms with Gasteiger partial charge in [0, 0.05) is 5.56 Å². The van der Waals surface area contributed by atoms with Crippen molar-refractivity contribution in [2.75, 3.05) is 0 Å². The molecule has 15 heavy (non-hydrogen) atoms. The lowest BCUT2D eigenvalue weighted by Gasteiger charge is -1.95. The molecule has 1 aromatic heterocycles. The van der Waals surface area contributed by atoms with Crippen molar-refractivity contribution in [1.29, 1.82) is 0 Å². The van der Waals surface area contributed by atoms with Gasteiger partial charge in [-0.1, -0.05) is 35.0 Å². The smallest absolute Gasteiger partial charge is 0.243 e. The van der Waals surface area contributed by atoms with Crippen LogP contribution in [0.1, 0.15) is 24.4 Å². The van der Waals surface area contributed by atoms with Gasteiger partial charge in [0.1, 0.15) is 0 Å². The molecule has 1 aromatic carbocycles. The third kappa shape index (κ3) is 2.05. The minimum absolute atomic E-state index is 0.225. The van der Waals surface area contributed by atoms with E-state index in [9.17, 15) is 0 Å². The third-order valence-electron chi connectivity index (χ3n) is 2.14. The van der Waals surface area contributed by atoms with Gasteiger partial charge in [0.05, 0.1) is 6.04 Å². The van der Waals surface area contributed by atoms with Crippen molar-refractivity contribution in [3.05, 3.63) is 35.7 Å². The summed E-state index contributed by atoms with van der Waals surface area (Å²) in [6.07, 6.45) is 0. The summed E-state index contributed by atoms with van der Waals surface area (Å²) in [5.41, 5.74) is 7.78. The molecule has 0 saturated carbocycles. The summed E-state index contributed by atoms with van der Waals surface area (Å²) in [5.74, 6) is 1.05. The fourth-order valence-corrected chi connectivity index (χ4v) is 1.24. The minimum Gasteiger partial charge on any atom is -0.337 e. The molecule has 0 saturated heterocycles. The van der Waals surface area contributed by atoms with E-state index in [-0.39, 0.29) is 6.04 Å². The van der Waals surface area contributed by atoms with Gasteiger partial charge in [-0.3, -0.25) is 0 Å². The Morgan fingerprint density at radius 2 is 1.93 bits per heavy atom. The molecule has 0 aliphatic carbocycles. The van der Waals surface area contributed by atoms with Crippen LogP contribution in [0.5, 0.6) is 0 Å². The predicted octanol–water partition coefficient (Wildman–Crippen LogP) is 2.06. The summed E-state index contributed by atoms with van der Waals surface area (Å²) >= 11 is 0. The SMILES string of the molecule is Cc1ccc(-c2noc([C@H](C)N)n2)cc1. The number of aryl methyl sites for hydroxylation is 1. The zero-order chi connectivity index (χ0) is 10.8. The van der Waals surface area contributed by atoms with Crippen LogP contribution >= 0.6 is 0 Å². The van der Waals surface area contributed by atoms with Crippen LogP contribution in [0.2, 0.25) is 0 Å². The molecule has 1 atom stereocenters. The molecule has 0 radical (unpaired) electrons. The van der Waals surface area contributed by atoms with Gasteiger partial charge in [-0.2, -0.15) is 4.98 Å². The molecule has 78 valence electrons. The zero-order valence-corrected chi connectivity index (χ0v) is 8.77. The normalized spacial score (nSPS) is 12.7. The van der Waals surface area contributed by atoms with Gasteiger partial charge in [0.15, 0.2) is 0 Å². The van der Waals surface area contributed by atoms with Crippen LogP contribution < -0.4 is 5.73 Å². The van der Waals surface area contributed by atoms with E-state index in [1.54, 1.807) is 0 Å². The topological polar surface area (TPSA) is 64.9 Å². The molecular formula is C11H13N3O. The Balaban J connectivity index is 2.33. The van der Waals surface area contributed by atoms with E-state index in [0.717, 1.165) is 5.56 Å². The highest BCUT2D eigenvalue weighted by molar-refractivity contribution is 5.54. The predicted molar refractivity (Wildman–Crippen MR) is 57.1 cm³/mol. The van der Waals surface area contributed by atoms with Crippen molar-refractivity contribution >= 4 is 0 Å². The number of nitrogens with two attached hydrogens (primary N) is 1. The first-order valence-electron chi connectivity index (χ1n) is 4.83. The molecule has 1 heterocycles. The lowest BCUT2D eigenvalue weighted by atomic mass is 10.1. The van der Waals surface area contributed by atoms with Crippen LogP contribution in [0, 0.1) is 6.92 Å². The standard InChI is InChI=1S/C11H13N3O/c1-7-3-5-9(6-4-7)10-13-11(8(2)12)15-14-10/h3-6,8H,12H2,1-2H3/t8-/m0/s1. The van der Waals surface area contributed by atoms with E-state index in [0.29, 0.717) is 11.7 Å². The molecule has 0 amide bonds. The number of benzene rings is 1. The van der Waals surface area contributed by atoms with Crippen LogP contribution in [0.4, 0.5) is 0 Å². The maximum absolute atomic E-state index is 5.63. The number of aromatic nitrogens is 2. The highest BCUT2D eigenvalue weighted by atomic mass is 16.5. The fraction of sp³-hybridized carbons (Fsp3) is 0.273. The molecule has 0 aliphatic rings. The van der Waals surface area contributed by atoms with Gasteiger partial charge in [-0.25, -0.2) is 0 Å². The zero-order valence-electron chi connectivity index (χ0n) is 8.77. The molecule has 0 aliphatic heterocycles. The van der Waals surface area contributed by atoms with Crippen molar-refractivity contribution in [1.82, 2.24) is 10.1 Å². The lowest BCUT2D eigenvalue weighted by molar-refractivity contribution is 0.362. The summed E-state index contributed by atoms with van der Waals surface area (Å²) in [6.45, 7) is 3.85. The molecule has 2 N–H and O–H groups in total. The second kappa shape index (κ2) is 3.82. The number of nitrogens with zero attached hydrogens (tertiary/aromatic N) is 2. The average Bonchev–Trinajstić information content (AvgIpc) is 2.68. The third-order valence-corrected chi connectivity index (χ3v) is 2.14. The number of hydrogen-bond acceptors (Lipinski definition) is 4. The maximum Gasteiger partial charge on any atom is 0.243 e. The molecule has 0 bridgehead atoms. The van der Waals surface area contributed by atoms with Crippen LogP contribution in [-0.4, -0.2) is 10.1 Å². The molecular weight excluding hydrogens is 190 g/mol. The summed E-state index contributed by atoms with van der Waals surface area (Å²) < 4.78 is 5.02. The summed E-state index contributed by atoms with van der Waals surface area (Å²) in [6, 6.07) is 7.72. The highest BCUT2D eigenvalue weighted by Gasteiger charge is 2.10. The molecule has 2 aromatic rings. The van der Waals surface area contributed by atoms with Crippen molar-refractivity contribution < 1.29 is 4.52 Å². The van der Waals surface area contributed by atoms with E-state index in [4.69, 9.17) is 10.3 Å². The summed E-state index contributed by atoms with van der Waals surface area (Å²) in [4.78, 5) is 4.21. The first-order chi connectivity index (χ1) is 7.16. The van der Waals surface area contributed by atoms with Gasteiger partial charge >= 0.3 is 0 Å². The minimum atomic E-state index is -0.225. The lowest BCUT2D eigenvalue weighted by Crippen LogP contribution is -2.04. The Morgan fingerprint density at radius 1 is 1.27 bits per heavy atom. The molecule has 2 rings (SSSR count). The van der Waals surface area contributed by atoms with Crippen LogP contribution in [-0.2, 0) is 0 Å². The Hall–Kier alpha value is -1.68. The molecule has 0 unspecified atom stereocenters. The largest absolute Gasteiger partial charge is 0.337 e. The van der Waals surface area contributed by atoms with Crippen molar-refractivity contribution in [2.45, 2.75) is 19.9 Å². The van der Waals surface area contributed by atoms with E-state index in [1.807, 2.05) is 38.1 Å². The Morgan fingerprint density at radius 3 is 2.47 bits per heavy atom. The van der Waals surface area contributed by atoms with Crippen LogP contribution in [0.25, 0.3) is 11.4 Å². The van der Waals surface area contributed by atoms with Crippen molar-refractivity contribution in [3.8, 4) is 11.4 Å². The van der Waals surface area contributed by atoms with Gasteiger partial charge in [-0.05, 0) is 13.8 Å². The van der Waals surface area contributed by atoms with E-state index in [1.165, 1.54) is 5.56 Å². The molecule has 4 heteroatoms. The van der Waals surface area contributed by atoms with Crippen LogP contribution in [0.15, 0.2) is 28.8 Å². The van der Waals surface area contributed by atoms with E-state index < -0.39 is 0 Å². The molecule has 0 fully saturated rings. The van der Waals surface area contributed by atoms with Crippen molar-refractivity contribution in [3.63, 3.8) is 0 Å². The summed E-state index contributed by atoms with van der Waals surface area (Å²) in [7, 11) is 0. The average molecular weight is 203 g/mol. The number of hydrogen-bond donors (Lipinski definition) is 1. The Kier molecular flexibility index (Phi) is 2.51. The quantitative estimate of drug-likeness (QED) is 0.811. The van der Waals surface area contributed by atoms with Crippen molar-refractivity contribution in [2.24, 2.45) is 5.73 Å². The van der Waals surface area contributed by atoms with Gasteiger partial charge < -0.3 is 10.3 Å². The van der Waals surface area contributed by atoms with Crippen LogP contribution in [0.3, 0.4) is 0 Å². The van der Waals surface area contributed by atoms with E-state index in [2.05, 4.69) is 10.1 Å². The maximum atomic E-state index is 5.63. The number of rotatable bonds is 2. The second-order valence-electron chi connectivity index (χ2n) is 3.61. The van der Waals surface area contributed by atoms with Gasteiger partial charge in [0.2, 0.25) is 11.7 Å². The Labute approximate surface area is 88.1 Å². The molecule has 0 spiro atoms. The van der Waals surface area contributed by atoms with Gasteiger partial charge in [-0.15, -0.1) is 0 Å². The monoisotopic (exact) mass is 203 g/mol. The Bertz CT molecular complexity index is 445. The molecule has 4 nitrogen and oxygen atoms in total. The highest BCUT2D eigenvalue weighted by Crippen LogP contribution is 2.17. The first-order valence-corrected chi connectivity index (χ1v) is 4.83. The van der Waals surface area contributed by atoms with E-state index >= 15 is 0 Å².